The fourth-order valence-corrected chi connectivity index (χ4v) is 2.08. The van der Waals surface area contributed by atoms with Crippen LogP contribution in [0.4, 0.5) is 0 Å². The van der Waals surface area contributed by atoms with E-state index in [0.29, 0.717) is 12.0 Å². The molecule has 1 unspecified atom stereocenters. The smallest absolute Gasteiger partial charge is 0.0667 e. The molecule has 0 bridgehead atoms. The van der Waals surface area contributed by atoms with E-state index in [9.17, 15) is 5.11 Å². The topological polar surface area (TPSA) is 46.2 Å². The molecule has 0 spiro atoms. The fourth-order valence-electron chi connectivity index (χ4n) is 2.08. The number of aliphatic hydroxyl groups excluding tert-OH is 1. The minimum absolute atomic E-state index is 0.280. The molecule has 0 aromatic carbocycles. The van der Waals surface area contributed by atoms with E-state index in [-0.39, 0.29) is 6.10 Å². The summed E-state index contributed by atoms with van der Waals surface area (Å²) in [5.41, 5.74) is 5.75. The molecule has 11 heavy (non-hydrogen) atoms. The van der Waals surface area contributed by atoms with Crippen LogP contribution < -0.4 is 5.73 Å². The van der Waals surface area contributed by atoms with Gasteiger partial charge < -0.3 is 10.8 Å². The van der Waals surface area contributed by atoms with Crippen LogP contribution in [-0.2, 0) is 0 Å². The summed E-state index contributed by atoms with van der Waals surface area (Å²) >= 11 is 0. The van der Waals surface area contributed by atoms with Crippen molar-refractivity contribution in [3.63, 3.8) is 0 Å². The molecule has 0 amide bonds. The second-order valence-corrected chi connectivity index (χ2v) is 4.11. The highest BCUT2D eigenvalue weighted by molar-refractivity contribution is 4.82. The Hall–Kier alpha value is -0.0800. The van der Waals surface area contributed by atoms with Gasteiger partial charge in [-0.05, 0) is 24.7 Å². The van der Waals surface area contributed by atoms with Crippen molar-refractivity contribution in [2.24, 2.45) is 11.1 Å². The molecule has 0 aromatic rings. The van der Waals surface area contributed by atoms with Crippen molar-refractivity contribution in [3.05, 3.63) is 0 Å². The summed E-state index contributed by atoms with van der Waals surface area (Å²) in [4.78, 5) is 0. The van der Waals surface area contributed by atoms with Gasteiger partial charge in [-0.3, -0.25) is 0 Å². The number of hydrogen-bond acceptors (Lipinski definition) is 2. The van der Waals surface area contributed by atoms with Gasteiger partial charge in [0.05, 0.1) is 6.10 Å². The Morgan fingerprint density at radius 3 is 2.45 bits per heavy atom. The molecule has 3 N–H and O–H groups in total. The van der Waals surface area contributed by atoms with Crippen molar-refractivity contribution in [2.75, 3.05) is 6.54 Å². The summed E-state index contributed by atoms with van der Waals surface area (Å²) in [7, 11) is 0. The van der Waals surface area contributed by atoms with Gasteiger partial charge >= 0.3 is 0 Å². The van der Waals surface area contributed by atoms with E-state index < -0.39 is 0 Å². The Morgan fingerprint density at radius 1 is 1.45 bits per heavy atom. The van der Waals surface area contributed by atoms with E-state index in [2.05, 4.69) is 6.92 Å². The highest BCUT2D eigenvalue weighted by Crippen LogP contribution is 2.41. The second kappa shape index (κ2) is 3.55. The normalized spacial score (nSPS) is 25.4. The third kappa shape index (κ3) is 2.46. The molecule has 0 heterocycles. The molecule has 66 valence electrons. The summed E-state index contributed by atoms with van der Waals surface area (Å²) < 4.78 is 0. The molecule has 0 radical (unpaired) electrons. The predicted molar refractivity (Wildman–Crippen MR) is 46.3 cm³/mol. The molecule has 0 saturated heterocycles. The summed E-state index contributed by atoms with van der Waals surface area (Å²) in [6.07, 6.45) is 5.80. The van der Waals surface area contributed by atoms with Crippen LogP contribution in [0, 0.1) is 5.41 Å². The van der Waals surface area contributed by atoms with Gasteiger partial charge in [0, 0.05) is 6.54 Å². The zero-order valence-electron chi connectivity index (χ0n) is 7.34. The number of rotatable bonds is 3. The monoisotopic (exact) mass is 157 g/mol. The molecule has 0 aromatic heterocycles. The van der Waals surface area contributed by atoms with Gasteiger partial charge in [-0.15, -0.1) is 0 Å². The van der Waals surface area contributed by atoms with E-state index in [4.69, 9.17) is 5.73 Å². The maximum atomic E-state index is 9.36. The summed E-state index contributed by atoms with van der Waals surface area (Å²) in [6, 6.07) is 0. The van der Waals surface area contributed by atoms with Crippen molar-refractivity contribution in [2.45, 2.75) is 45.1 Å². The lowest BCUT2D eigenvalue weighted by atomic mass is 9.83. The zero-order chi connectivity index (χ0) is 8.32. The maximum Gasteiger partial charge on any atom is 0.0667 e. The van der Waals surface area contributed by atoms with Crippen LogP contribution in [0.1, 0.15) is 39.0 Å². The molecular weight excluding hydrogens is 138 g/mol. The highest BCUT2D eigenvalue weighted by Gasteiger charge is 2.30. The minimum Gasteiger partial charge on any atom is -0.392 e. The minimum atomic E-state index is -0.280. The number of hydrogen-bond donors (Lipinski definition) is 2. The van der Waals surface area contributed by atoms with E-state index in [1.165, 1.54) is 25.7 Å². The van der Waals surface area contributed by atoms with Gasteiger partial charge in [-0.1, -0.05) is 19.8 Å². The van der Waals surface area contributed by atoms with Crippen LogP contribution in [-0.4, -0.2) is 17.8 Å². The first-order chi connectivity index (χ1) is 5.16. The molecular formula is C9H19NO. The lowest BCUT2D eigenvalue weighted by molar-refractivity contribution is 0.115. The highest BCUT2D eigenvalue weighted by atomic mass is 16.3. The number of aliphatic hydroxyl groups is 1. The Balaban J connectivity index is 2.33. The zero-order valence-corrected chi connectivity index (χ0v) is 7.34. The fraction of sp³-hybridized carbons (Fsp3) is 1.00. The maximum absolute atomic E-state index is 9.36. The van der Waals surface area contributed by atoms with Crippen molar-refractivity contribution in [1.82, 2.24) is 0 Å². The summed E-state index contributed by atoms with van der Waals surface area (Å²) in [5, 5.41) is 9.36. The average Bonchev–Trinajstić information content (AvgIpc) is 2.36. The molecule has 1 fully saturated rings. The first-order valence-corrected chi connectivity index (χ1v) is 4.54. The molecule has 1 aliphatic rings. The molecule has 1 saturated carbocycles. The summed E-state index contributed by atoms with van der Waals surface area (Å²) in [5.74, 6) is 0. The van der Waals surface area contributed by atoms with Crippen LogP contribution in [0.25, 0.3) is 0 Å². The second-order valence-electron chi connectivity index (χ2n) is 4.11. The standard InChI is InChI=1S/C9H19NO/c1-9(4-2-3-5-9)6-8(11)7-10/h8,11H,2-7,10H2,1H3. The van der Waals surface area contributed by atoms with E-state index >= 15 is 0 Å². The quantitative estimate of drug-likeness (QED) is 0.648. The van der Waals surface area contributed by atoms with Crippen molar-refractivity contribution < 1.29 is 5.11 Å². The third-order valence-electron chi connectivity index (χ3n) is 2.81. The van der Waals surface area contributed by atoms with Crippen molar-refractivity contribution >= 4 is 0 Å². The van der Waals surface area contributed by atoms with Crippen LogP contribution >= 0.6 is 0 Å². The Morgan fingerprint density at radius 2 is 2.00 bits per heavy atom. The first kappa shape index (κ1) is 9.01. The van der Waals surface area contributed by atoms with Gasteiger partial charge in [0.25, 0.3) is 0 Å². The van der Waals surface area contributed by atoms with Crippen LogP contribution in [0.15, 0.2) is 0 Å². The molecule has 1 aliphatic carbocycles. The van der Waals surface area contributed by atoms with Gasteiger partial charge in [0.15, 0.2) is 0 Å². The molecule has 2 heteroatoms. The van der Waals surface area contributed by atoms with Gasteiger partial charge in [0.2, 0.25) is 0 Å². The SMILES string of the molecule is CC1(CC(O)CN)CCCC1. The van der Waals surface area contributed by atoms with Gasteiger partial charge in [0.1, 0.15) is 0 Å². The molecule has 1 rings (SSSR count). The Kier molecular flexibility index (Phi) is 2.90. The van der Waals surface area contributed by atoms with Crippen molar-refractivity contribution in [1.29, 1.82) is 0 Å². The van der Waals surface area contributed by atoms with E-state index in [1.54, 1.807) is 0 Å². The van der Waals surface area contributed by atoms with Crippen molar-refractivity contribution in [3.8, 4) is 0 Å². The molecule has 0 aliphatic heterocycles. The van der Waals surface area contributed by atoms with Crippen LogP contribution in [0.5, 0.6) is 0 Å². The van der Waals surface area contributed by atoms with Crippen LogP contribution in [0.2, 0.25) is 0 Å². The average molecular weight is 157 g/mol. The molecule has 2 nitrogen and oxygen atoms in total. The lowest BCUT2D eigenvalue weighted by Crippen LogP contribution is -2.27. The van der Waals surface area contributed by atoms with Crippen LogP contribution in [0.3, 0.4) is 0 Å². The predicted octanol–water partition coefficient (Wildman–Crippen LogP) is 1.28. The number of nitrogens with two attached hydrogens (primary N) is 1. The largest absolute Gasteiger partial charge is 0.392 e. The van der Waals surface area contributed by atoms with E-state index in [1.807, 2.05) is 0 Å². The third-order valence-corrected chi connectivity index (χ3v) is 2.81. The first-order valence-electron chi connectivity index (χ1n) is 4.54. The Bertz CT molecular complexity index is 119. The Labute approximate surface area is 68.8 Å². The van der Waals surface area contributed by atoms with E-state index in [0.717, 1.165) is 6.42 Å². The molecule has 1 atom stereocenters. The van der Waals surface area contributed by atoms with Gasteiger partial charge in [-0.2, -0.15) is 0 Å². The lowest BCUT2D eigenvalue weighted by Gasteiger charge is -2.25. The summed E-state index contributed by atoms with van der Waals surface area (Å²) in [6.45, 7) is 2.68. The van der Waals surface area contributed by atoms with Gasteiger partial charge in [-0.25, -0.2) is 0 Å².